The van der Waals surface area contributed by atoms with E-state index in [0.29, 0.717) is 18.0 Å². The average Bonchev–Trinajstić information content (AvgIpc) is 2.29. The number of carbonyl (C=O) groups excluding carboxylic acids is 1. The maximum atomic E-state index is 12.4. The van der Waals surface area contributed by atoms with Crippen molar-refractivity contribution in [2.75, 3.05) is 6.54 Å². The quantitative estimate of drug-likeness (QED) is 0.872. The van der Waals surface area contributed by atoms with Crippen molar-refractivity contribution in [3.63, 3.8) is 0 Å². The van der Waals surface area contributed by atoms with Gasteiger partial charge in [-0.2, -0.15) is 0 Å². The summed E-state index contributed by atoms with van der Waals surface area (Å²) in [6.07, 6.45) is 3.05. The number of amides is 1. The average molecular weight is 282 g/mol. The molecule has 0 bridgehead atoms. The van der Waals surface area contributed by atoms with Crippen molar-refractivity contribution in [2.45, 2.75) is 44.1 Å². The maximum Gasteiger partial charge on any atom is 0.230 e. The summed E-state index contributed by atoms with van der Waals surface area (Å²) in [5.41, 5.74) is 0.654. The van der Waals surface area contributed by atoms with E-state index < -0.39 is 0 Å². The van der Waals surface area contributed by atoms with Gasteiger partial charge in [-0.1, -0.05) is 30.2 Å². The minimum Gasteiger partial charge on any atom is -0.393 e. The van der Waals surface area contributed by atoms with E-state index in [4.69, 9.17) is 11.6 Å². The van der Waals surface area contributed by atoms with Gasteiger partial charge in [0.05, 0.1) is 11.5 Å². The first kappa shape index (κ1) is 14.4. The van der Waals surface area contributed by atoms with Crippen LogP contribution in [0.15, 0.2) is 24.3 Å². The Hall–Kier alpha value is -1.06. The Labute approximate surface area is 119 Å². The van der Waals surface area contributed by atoms with Gasteiger partial charge in [0.1, 0.15) is 0 Å². The van der Waals surface area contributed by atoms with Crippen molar-refractivity contribution >= 4 is 17.5 Å². The zero-order valence-corrected chi connectivity index (χ0v) is 11.9. The first-order chi connectivity index (χ1) is 9.04. The Morgan fingerprint density at radius 1 is 1.42 bits per heavy atom. The fourth-order valence-electron chi connectivity index (χ4n) is 2.51. The Balaban J connectivity index is 2.05. The predicted molar refractivity (Wildman–Crippen MR) is 76.3 cm³/mol. The molecule has 0 spiro atoms. The van der Waals surface area contributed by atoms with Crippen LogP contribution < -0.4 is 5.32 Å². The summed E-state index contributed by atoms with van der Waals surface area (Å²) in [4.78, 5) is 12.4. The molecule has 1 unspecified atom stereocenters. The highest BCUT2D eigenvalue weighted by atomic mass is 35.5. The van der Waals surface area contributed by atoms with E-state index in [1.165, 1.54) is 0 Å². The van der Waals surface area contributed by atoms with E-state index in [1.54, 1.807) is 6.92 Å². The maximum absolute atomic E-state index is 12.4. The molecule has 1 aromatic carbocycles. The molecule has 2 rings (SSSR count). The van der Waals surface area contributed by atoms with Gasteiger partial charge < -0.3 is 10.4 Å². The Kier molecular flexibility index (Phi) is 4.48. The minimum absolute atomic E-state index is 0.0710. The Morgan fingerprint density at radius 2 is 2.05 bits per heavy atom. The van der Waals surface area contributed by atoms with Crippen LogP contribution >= 0.6 is 11.6 Å². The van der Waals surface area contributed by atoms with Crippen molar-refractivity contribution in [3.8, 4) is 0 Å². The number of carbonyl (C=O) groups is 1. The van der Waals surface area contributed by atoms with Gasteiger partial charge >= 0.3 is 0 Å². The van der Waals surface area contributed by atoms with E-state index in [2.05, 4.69) is 5.32 Å². The highest BCUT2D eigenvalue weighted by molar-refractivity contribution is 6.30. The van der Waals surface area contributed by atoms with E-state index in [-0.39, 0.29) is 17.4 Å². The first-order valence-corrected chi connectivity index (χ1v) is 7.15. The second-order valence-electron chi connectivity index (χ2n) is 5.34. The highest BCUT2D eigenvalue weighted by Crippen LogP contribution is 2.44. The molecule has 0 aromatic heterocycles. The van der Waals surface area contributed by atoms with Crippen molar-refractivity contribution in [2.24, 2.45) is 0 Å². The normalized spacial score (nSPS) is 18.5. The van der Waals surface area contributed by atoms with Crippen LogP contribution in [0.2, 0.25) is 5.02 Å². The van der Waals surface area contributed by atoms with Crippen LogP contribution in [0.5, 0.6) is 0 Å². The lowest BCUT2D eigenvalue weighted by molar-refractivity contribution is -0.130. The third-order valence-corrected chi connectivity index (χ3v) is 4.14. The van der Waals surface area contributed by atoms with Crippen LogP contribution in [-0.4, -0.2) is 23.7 Å². The van der Waals surface area contributed by atoms with Crippen LogP contribution in [0.1, 0.15) is 38.2 Å². The van der Waals surface area contributed by atoms with E-state index >= 15 is 0 Å². The standard InChI is InChI=1S/C15H20ClNO2/c1-11(18)7-10-17-14(19)15(8-2-9-15)12-3-5-13(16)6-4-12/h3-6,11,18H,2,7-10H2,1H3,(H,17,19). The number of benzene rings is 1. The SMILES string of the molecule is CC(O)CCNC(=O)C1(c2ccc(Cl)cc2)CCC1. The van der Waals surface area contributed by atoms with Crippen LogP contribution in [0.4, 0.5) is 0 Å². The van der Waals surface area contributed by atoms with E-state index in [1.807, 2.05) is 24.3 Å². The molecular formula is C15H20ClNO2. The van der Waals surface area contributed by atoms with Gasteiger partial charge in [-0.25, -0.2) is 0 Å². The fourth-order valence-corrected chi connectivity index (χ4v) is 2.64. The van der Waals surface area contributed by atoms with Crippen LogP contribution in [0, 0.1) is 0 Å². The lowest BCUT2D eigenvalue weighted by atomic mass is 9.64. The Morgan fingerprint density at radius 3 is 2.53 bits per heavy atom. The number of aliphatic hydroxyl groups excluding tert-OH is 1. The molecule has 0 saturated heterocycles. The zero-order valence-electron chi connectivity index (χ0n) is 11.2. The third kappa shape index (κ3) is 3.10. The molecule has 1 atom stereocenters. The zero-order chi connectivity index (χ0) is 13.9. The third-order valence-electron chi connectivity index (χ3n) is 3.89. The van der Waals surface area contributed by atoms with Crippen LogP contribution in [-0.2, 0) is 10.2 Å². The van der Waals surface area contributed by atoms with Crippen LogP contribution in [0.3, 0.4) is 0 Å². The van der Waals surface area contributed by atoms with E-state index in [9.17, 15) is 9.90 Å². The second-order valence-corrected chi connectivity index (χ2v) is 5.77. The molecule has 19 heavy (non-hydrogen) atoms. The second kappa shape index (κ2) is 5.93. The van der Waals surface area contributed by atoms with Gasteiger partial charge in [0.15, 0.2) is 0 Å². The molecule has 104 valence electrons. The summed E-state index contributed by atoms with van der Waals surface area (Å²) >= 11 is 5.89. The molecule has 2 N–H and O–H groups in total. The van der Waals surface area contributed by atoms with Crippen LogP contribution in [0.25, 0.3) is 0 Å². The molecule has 1 amide bonds. The molecule has 1 aromatic rings. The molecule has 1 aliphatic carbocycles. The van der Waals surface area contributed by atoms with Crippen molar-refractivity contribution < 1.29 is 9.90 Å². The lowest BCUT2D eigenvalue weighted by Crippen LogP contribution is -2.49. The van der Waals surface area contributed by atoms with Crippen molar-refractivity contribution in [1.29, 1.82) is 0 Å². The number of aliphatic hydroxyl groups is 1. The van der Waals surface area contributed by atoms with Gasteiger partial charge in [-0.05, 0) is 43.9 Å². The molecule has 4 heteroatoms. The molecule has 3 nitrogen and oxygen atoms in total. The fraction of sp³-hybridized carbons (Fsp3) is 0.533. The monoisotopic (exact) mass is 281 g/mol. The molecule has 0 radical (unpaired) electrons. The van der Waals surface area contributed by atoms with Gasteiger partial charge in [0, 0.05) is 11.6 Å². The number of rotatable bonds is 5. The number of hydrogen-bond donors (Lipinski definition) is 2. The largest absolute Gasteiger partial charge is 0.393 e. The number of hydrogen-bond acceptors (Lipinski definition) is 2. The smallest absolute Gasteiger partial charge is 0.230 e. The van der Waals surface area contributed by atoms with Crippen molar-refractivity contribution in [3.05, 3.63) is 34.9 Å². The minimum atomic E-state index is -0.386. The van der Waals surface area contributed by atoms with Gasteiger partial charge in [-0.15, -0.1) is 0 Å². The summed E-state index contributed by atoms with van der Waals surface area (Å²) in [5, 5.41) is 12.8. The summed E-state index contributed by atoms with van der Waals surface area (Å²) in [5.74, 6) is 0.0710. The van der Waals surface area contributed by atoms with E-state index in [0.717, 1.165) is 24.8 Å². The topological polar surface area (TPSA) is 49.3 Å². The molecular weight excluding hydrogens is 262 g/mol. The summed E-state index contributed by atoms with van der Waals surface area (Å²) in [7, 11) is 0. The van der Waals surface area contributed by atoms with Gasteiger partial charge in [0.2, 0.25) is 5.91 Å². The summed E-state index contributed by atoms with van der Waals surface area (Å²) in [6, 6.07) is 7.55. The number of nitrogens with one attached hydrogen (secondary N) is 1. The molecule has 1 aliphatic rings. The Bertz CT molecular complexity index is 438. The molecule has 0 aliphatic heterocycles. The van der Waals surface area contributed by atoms with Gasteiger partial charge in [0.25, 0.3) is 0 Å². The van der Waals surface area contributed by atoms with Gasteiger partial charge in [-0.3, -0.25) is 4.79 Å². The lowest BCUT2D eigenvalue weighted by Gasteiger charge is -2.40. The van der Waals surface area contributed by atoms with Crippen molar-refractivity contribution in [1.82, 2.24) is 5.32 Å². The summed E-state index contributed by atoms with van der Waals surface area (Å²) < 4.78 is 0. The molecule has 1 fully saturated rings. The predicted octanol–water partition coefficient (Wildman–Crippen LogP) is 2.65. The molecule has 0 heterocycles. The summed E-state index contributed by atoms with van der Waals surface area (Å²) in [6.45, 7) is 2.25. The highest BCUT2D eigenvalue weighted by Gasteiger charge is 2.45. The number of halogens is 1. The molecule has 1 saturated carbocycles. The first-order valence-electron chi connectivity index (χ1n) is 6.77.